The Bertz CT molecular complexity index is 702. The van der Waals surface area contributed by atoms with Gasteiger partial charge in [-0.15, -0.1) is 0 Å². The summed E-state index contributed by atoms with van der Waals surface area (Å²) in [5.74, 6) is 0.579. The number of benzene rings is 1. The summed E-state index contributed by atoms with van der Waals surface area (Å²) in [5, 5.41) is 0. The molecule has 2 heterocycles. The van der Waals surface area contributed by atoms with Gasteiger partial charge in [-0.05, 0) is 22.1 Å². The predicted octanol–water partition coefficient (Wildman–Crippen LogP) is 3.66. The van der Waals surface area contributed by atoms with Crippen LogP contribution in [0.2, 0.25) is 0 Å². The Labute approximate surface area is 125 Å². The van der Waals surface area contributed by atoms with Gasteiger partial charge in [-0.1, -0.05) is 36.4 Å². The van der Waals surface area contributed by atoms with Gasteiger partial charge in [-0.25, -0.2) is 4.98 Å². The van der Waals surface area contributed by atoms with Crippen LogP contribution >= 0.6 is 15.9 Å². The summed E-state index contributed by atoms with van der Waals surface area (Å²) in [6.07, 6.45) is 5.37. The molecule has 0 atom stereocenters. The molecule has 98 valence electrons. The molecule has 4 nitrogen and oxygen atoms in total. The van der Waals surface area contributed by atoms with E-state index in [9.17, 15) is 0 Å². The van der Waals surface area contributed by atoms with Gasteiger partial charge in [0.05, 0.1) is 5.69 Å². The second-order valence-corrected chi connectivity index (χ2v) is 4.90. The highest BCUT2D eigenvalue weighted by Crippen LogP contribution is 2.28. The van der Waals surface area contributed by atoms with Gasteiger partial charge in [0.1, 0.15) is 4.60 Å². The smallest absolute Gasteiger partial charge is 0.182 e. The summed E-state index contributed by atoms with van der Waals surface area (Å²) in [5.41, 5.74) is 6.21. The van der Waals surface area contributed by atoms with Gasteiger partial charge < -0.3 is 4.98 Å². The van der Waals surface area contributed by atoms with E-state index >= 15 is 0 Å². The summed E-state index contributed by atoms with van der Waals surface area (Å²) in [6.45, 7) is 0. The molecule has 0 amide bonds. The van der Waals surface area contributed by atoms with Crippen LogP contribution in [0.4, 0.5) is 5.82 Å². The quantitative estimate of drug-likeness (QED) is 0.689. The maximum atomic E-state index is 4.49. The molecule has 1 aromatic carbocycles. The van der Waals surface area contributed by atoms with E-state index < -0.39 is 0 Å². The van der Waals surface area contributed by atoms with Crippen LogP contribution in [0.5, 0.6) is 0 Å². The maximum Gasteiger partial charge on any atom is 0.182 e. The minimum Gasteiger partial charge on any atom is -0.434 e. The largest absolute Gasteiger partial charge is 0.434 e. The first-order valence-electron chi connectivity index (χ1n) is 6.09. The van der Waals surface area contributed by atoms with Crippen molar-refractivity contribution < 1.29 is 4.68 Å². The highest BCUT2D eigenvalue weighted by atomic mass is 79.9. The molecular formula is C15H11BrN4. The molecule has 0 N–H and O–H groups in total. The Morgan fingerprint density at radius 1 is 0.950 bits per heavy atom. The Hall–Kier alpha value is -2.27. The molecule has 0 aliphatic carbocycles. The molecule has 0 fully saturated rings. The van der Waals surface area contributed by atoms with Crippen molar-refractivity contribution >= 4 is 21.7 Å². The molecule has 3 aromatic rings. The van der Waals surface area contributed by atoms with Gasteiger partial charge in [0, 0.05) is 23.5 Å². The van der Waals surface area contributed by atoms with Crippen molar-refractivity contribution in [2.75, 3.05) is 0 Å². The van der Waals surface area contributed by atoms with Crippen molar-refractivity contribution in [1.82, 2.24) is 9.97 Å². The minimum absolute atomic E-state index is 0.579. The summed E-state index contributed by atoms with van der Waals surface area (Å²) in [7, 11) is 0. The zero-order valence-electron chi connectivity index (χ0n) is 10.5. The normalized spacial score (nSPS) is 10.2. The highest BCUT2D eigenvalue weighted by Gasteiger charge is 2.05. The minimum atomic E-state index is 0.579. The summed E-state index contributed by atoms with van der Waals surface area (Å²) >= 11 is 3.36. The highest BCUT2D eigenvalue weighted by molar-refractivity contribution is 9.10. The van der Waals surface area contributed by atoms with Gasteiger partial charge in [0.15, 0.2) is 12.4 Å². The zero-order valence-corrected chi connectivity index (χ0v) is 12.1. The molecule has 2 aromatic heterocycles. The monoisotopic (exact) mass is 326 g/mol. The van der Waals surface area contributed by atoms with E-state index in [2.05, 4.69) is 31.3 Å². The van der Waals surface area contributed by atoms with Crippen LogP contribution in [0, 0.1) is 0 Å². The number of hydrogen-bond donors (Lipinski definition) is 0. The van der Waals surface area contributed by atoms with Crippen molar-refractivity contribution in [3.63, 3.8) is 0 Å². The van der Waals surface area contributed by atoms with Crippen LogP contribution in [0.15, 0.2) is 71.7 Å². The third-order valence-corrected chi connectivity index (χ3v) is 3.06. The molecular weight excluding hydrogens is 316 g/mol. The Morgan fingerprint density at radius 3 is 2.40 bits per heavy atom. The zero-order chi connectivity index (χ0) is 13.8. The molecule has 0 aliphatic heterocycles. The Balaban J connectivity index is 2.03. The van der Waals surface area contributed by atoms with E-state index in [1.54, 1.807) is 10.9 Å². The molecule has 0 bridgehead atoms. The fraction of sp³-hybridized carbons (Fsp3) is 0. The van der Waals surface area contributed by atoms with E-state index in [4.69, 9.17) is 0 Å². The Morgan fingerprint density at radius 2 is 1.65 bits per heavy atom. The molecule has 3 rings (SSSR count). The number of halogens is 1. The SMILES string of the molecule is Brc1cnc([N-][n+]2ccccc2)c(-c2ccccc2)n1. The fourth-order valence-corrected chi connectivity index (χ4v) is 2.07. The Kier molecular flexibility index (Phi) is 3.69. The molecule has 0 spiro atoms. The summed E-state index contributed by atoms with van der Waals surface area (Å²) < 4.78 is 2.40. The molecule has 5 heteroatoms. The maximum absolute atomic E-state index is 4.49. The third kappa shape index (κ3) is 2.83. The summed E-state index contributed by atoms with van der Waals surface area (Å²) in [4.78, 5) is 8.84. The number of pyridine rings is 1. The lowest BCUT2D eigenvalue weighted by atomic mass is 10.1. The van der Waals surface area contributed by atoms with Crippen molar-refractivity contribution in [2.24, 2.45) is 0 Å². The average molecular weight is 327 g/mol. The molecule has 20 heavy (non-hydrogen) atoms. The van der Waals surface area contributed by atoms with Gasteiger partial charge >= 0.3 is 0 Å². The van der Waals surface area contributed by atoms with Crippen molar-refractivity contribution in [1.29, 1.82) is 0 Å². The third-order valence-electron chi connectivity index (χ3n) is 2.68. The predicted molar refractivity (Wildman–Crippen MR) is 80.2 cm³/mol. The average Bonchev–Trinajstić information content (AvgIpc) is 2.51. The van der Waals surface area contributed by atoms with Gasteiger partial charge in [0.25, 0.3) is 0 Å². The molecule has 0 saturated heterocycles. The van der Waals surface area contributed by atoms with Crippen LogP contribution in [-0.4, -0.2) is 9.97 Å². The van der Waals surface area contributed by atoms with Gasteiger partial charge in [-0.2, -0.15) is 10.1 Å². The first-order valence-corrected chi connectivity index (χ1v) is 6.88. The fourth-order valence-electron chi connectivity index (χ4n) is 1.79. The van der Waals surface area contributed by atoms with Gasteiger partial charge in [0.2, 0.25) is 0 Å². The lowest BCUT2D eigenvalue weighted by Gasteiger charge is -2.14. The van der Waals surface area contributed by atoms with Crippen LogP contribution in [0.1, 0.15) is 0 Å². The topological polar surface area (TPSA) is 43.8 Å². The van der Waals surface area contributed by atoms with E-state index in [1.165, 1.54) is 0 Å². The van der Waals surface area contributed by atoms with E-state index in [0.717, 1.165) is 11.3 Å². The summed E-state index contributed by atoms with van der Waals surface area (Å²) in [6, 6.07) is 15.7. The van der Waals surface area contributed by atoms with Gasteiger partial charge in [-0.3, -0.25) is 0 Å². The van der Waals surface area contributed by atoms with Crippen molar-refractivity contribution in [3.05, 3.63) is 77.2 Å². The van der Waals surface area contributed by atoms with Crippen LogP contribution in [0.25, 0.3) is 16.7 Å². The number of aromatic nitrogens is 3. The molecule has 0 unspecified atom stereocenters. The second-order valence-electron chi connectivity index (χ2n) is 4.09. The first-order chi connectivity index (χ1) is 9.83. The first kappa shape index (κ1) is 12.7. The van der Waals surface area contributed by atoms with E-state index in [-0.39, 0.29) is 0 Å². The van der Waals surface area contributed by atoms with Crippen molar-refractivity contribution in [2.45, 2.75) is 0 Å². The van der Waals surface area contributed by atoms with Crippen LogP contribution < -0.4 is 4.68 Å². The number of nitrogens with zero attached hydrogens (tertiary/aromatic N) is 4. The second kappa shape index (κ2) is 5.79. The lowest BCUT2D eigenvalue weighted by Crippen LogP contribution is -2.26. The molecule has 0 radical (unpaired) electrons. The molecule has 0 aliphatic rings. The number of hydrogen-bond acceptors (Lipinski definition) is 2. The van der Waals surface area contributed by atoms with Crippen LogP contribution in [0.3, 0.4) is 0 Å². The van der Waals surface area contributed by atoms with E-state index in [0.29, 0.717) is 10.4 Å². The standard InChI is InChI=1S/C15H11BrN4/c16-13-11-17-15(19-20-9-5-2-6-10-20)14(18-13)12-7-3-1-4-8-12/h1-11H. The molecule has 0 saturated carbocycles. The van der Waals surface area contributed by atoms with Crippen LogP contribution in [-0.2, 0) is 0 Å². The lowest BCUT2D eigenvalue weighted by molar-refractivity contribution is -0.619. The van der Waals surface area contributed by atoms with E-state index in [1.807, 2.05) is 60.9 Å². The number of rotatable bonds is 3. The van der Waals surface area contributed by atoms with Crippen molar-refractivity contribution in [3.8, 4) is 11.3 Å².